The molecular formula is C23H15Cl2F3N4. The van der Waals surface area contributed by atoms with Crippen molar-refractivity contribution in [1.82, 2.24) is 14.7 Å². The summed E-state index contributed by atoms with van der Waals surface area (Å²) in [5.41, 5.74) is 1.25. The maximum atomic E-state index is 13.8. The predicted molar refractivity (Wildman–Crippen MR) is 118 cm³/mol. The monoisotopic (exact) mass is 474 g/mol. The van der Waals surface area contributed by atoms with Crippen molar-refractivity contribution in [3.63, 3.8) is 0 Å². The molecule has 3 heterocycles. The third-order valence-corrected chi connectivity index (χ3v) is 5.87. The van der Waals surface area contributed by atoms with Crippen molar-refractivity contribution in [3.05, 3.63) is 99.3 Å². The molecule has 0 bridgehead atoms. The topological polar surface area (TPSA) is 33.4 Å². The van der Waals surface area contributed by atoms with Crippen LogP contribution in [-0.4, -0.2) is 20.5 Å². The van der Waals surface area contributed by atoms with E-state index in [4.69, 9.17) is 23.2 Å². The van der Waals surface area contributed by atoms with Gasteiger partial charge < -0.3 is 4.90 Å². The second-order valence-electron chi connectivity index (χ2n) is 7.41. The molecule has 0 spiro atoms. The highest BCUT2D eigenvalue weighted by molar-refractivity contribution is 6.45. The SMILES string of the molecule is Cc1nn(-c2ccccc2C(F)(F)F)c2c1C(c1ccccc1)N1C=C(Cl)C=C(Cl)C1=N2. The fourth-order valence-electron chi connectivity index (χ4n) is 4.07. The maximum absolute atomic E-state index is 13.8. The van der Waals surface area contributed by atoms with Gasteiger partial charge in [-0.1, -0.05) is 65.7 Å². The Morgan fingerprint density at radius 3 is 2.38 bits per heavy atom. The fraction of sp³-hybridized carbons (Fsp3) is 0.130. The number of nitrogens with zero attached hydrogens (tertiary/aromatic N) is 4. The van der Waals surface area contributed by atoms with E-state index >= 15 is 0 Å². The zero-order valence-corrected chi connectivity index (χ0v) is 18.1. The molecule has 0 N–H and O–H groups in total. The minimum absolute atomic E-state index is 0.0987. The Morgan fingerprint density at radius 1 is 0.969 bits per heavy atom. The quantitative estimate of drug-likeness (QED) is 0.406. The van der Waals surface area contributed by atoms with Crippen LogP contribution < -0.4 is 0 Å². The van der Waals surface area contributed by atoms with Gasteiger partial charge in [-0.15, -0.1) is 0 Å². The molecular weight excluding hydrogens is 460 g/mol. The first-order valence-corrected chi connectivity index (χ1v) is 10.4. The van der Waals surface area contributed by atoms with Gasteiger partial charge in [0, 0.05) is 11.8 Å². The number of rotatable bonds is 2. The number of aliphatic imine (C=N–C) groups is 1. The number of hydrogen-bond acceptors (Lipinski definition) is 3. The number of alkyl halides is 3. The molecule has 9 heteroatoms. The number of halogens is 5. The normalized spacial score (nSPS) is 17.9. The Kier molecular flexibility index (Phi) is 4.91. The summed E-state index contributed by atoms with van der Waals surface area (Å²) in [6, 6.07) is 14.4. The Morgan fingerprint density at radius 2 is 1.66 bits per heavy atom. The van der Waals surface area contributed by atoms with Crippen molar-refractivity contribution >= 4 is 34.9 Å². The lowest BCUT2D eigenvalue weighted by molar-refractivity contribution is -0.137. The van der Waals surface area contributed by atoms with Gasteiger partial charge in [-0.3, -0.25) is 0 Å². The molecule has 0 fully saturated rings. The van der Waals surface area contributed by atoms with Crippen LogP contribution in [0.4, 0.5) is 19.0 Å². The fourth-order valence-corrected chi connectivity index (χ4v) is 4.60. The molecule has 5 rings (SSSR count). The van der Waals surface area contributed by atoms with E-state index < -0.39 is 17.8 Å². The number of aryl methyl sites for hydroxylation is 1. The molecule has 0 aliphatic carbocycles. The van der Waals surface area contributed by atoms with Gasteiger partial charge in [-0.25, -0.2) is 9.67 Å². The van der Waals surface area contributed by atoms with Crippen LogP contribution in [0.3, 0.4) is 0 Å². The van der Waals surface area contributed by atoms with Crippen LogP contribution in [0, 0.1) is 6.92 Å². The van der Waals surface area contributed by atoms with Crippen LogP contribution in [0.1, 0.15) is 28.4 Å². The van der Waals surface area contributed by atoms with E-state index in [1.807, 2.05) is 35.2 Å². The molecule has 0 amide bonds. The van der Waals surface area contributed by atoms with Crippen LogP contribution in [0.25, 0.3) is 5.69 Å². The first-order chi connectivity index (χ1) is 15.3. The van der Waals surface area contributed by atoms with Crippen LogP contribution >= 0.6 is 23.2 Å². The van der Waals surface area contributed by atoms with Gasteiger partial charge in [0.15, 0.2) is 11.7 Å². The molecule has 1 aromatic heterocycles. The molecule has 0 saturated carbocycles. The summed E-state index contributed by atoms with van der Waals surface area (Å²) in [6.07, 6.45) is -1.27. The van der Waals surface area contributed by atoms with E-state index in [-0.39, 0.29) is 5.69 Å². The zero-order chi connectivity index (χ0) is 22.6. The Bertz CT molecular complexity index is 1310. The number of para-hydroxylation sites is 1. The smallest absolute Gasteiger partial charge is 0.318 e. The van der Waals surface area contributed by atoms with Gasteiger partial charge in [0.05, 0.1) is 33.1 Å². The van der Waals surface area contributed by atoms with Crippen molar-refractivity contribution in [2.24, 2.45) is 4.99 Å². The predicted octanol–water partition coefficient (Wildman–Crippen LogP) is 6.85. The second kappa shape index (κ2) is 7.53. The average molecular weight is 475 g/mol. The van der Waals surface area contributed by atoms with Crippen molar-refractivity contribution in [1.29, 1.82) is 0 Å². The van der Waals surface area contributed by atoms with E-state index in [2.05, 4.69) is 10.1 Å². The number of allylic oxidation sites excluding steroid dienone is 2. The standard InChI is InChI=1S/C23H15Cl2F3N4/c1-13-19-20(14-7-3-2-4-8-14)31-12-15(24)11-17(25)21(31)29-22(19)32(30-13)18-10-6-5-9-16(18)23(26,27)28/h2-12,20H,1H3. The molecule has 0 radical (unpaired) electrons. The molecule has 0 saturated heterocycles. The van der Waals surface area contributed by atoms with Crippen LogP contribution in [0.2, 0.25) is 0 Å². The Hall–Kier alpha value is -3.03. The molecule has 2 aliphatic rings. The number of aromatic nitrogens is 2. The Labute approximate surface area is 191 Å². The molecule has 2 aromatic carbocycles. The summed E-state index contributed by atoms with van der Waals surface area (Å²) >= 11 is 12.7. The van der Waals surface area contributed by atoms with Crippen molar-refractivity contribution in [3.8, 4) is 5.69 Å². The number of hydrogen-bond donors (Lipinski definition) is 0. The lowest BCUT2D eigenvalue weighted by atomic mass is 9.94. The largest absolute Gasteiger partial charge is 0.418 e. The van der Waals surface area contributed by atoms with E-state index in [0.29, 0.717) is 33.0 Å². The molecule has 1 atom stereocenters. The molecule has 2 aliphatic heterocycles. The number of fused-ring (bicyclic) bond motifs is 2. The first-order valence-electron chi connectivity index (χ1n) is 9.68. The number of amidine groups is 1. The number of benzene rings is 2. The summed E-state index contributed by atoms with van der Waals surface area (Å²) < 4.78 is 42.5. The van der Waals surface area contributed by atoms with Crippen LogP contribution in [0.15, 0.2) is 81.9 Å². The first kappa shape index (κ1) is 20.8. The van der Waals surface area contributed by atoms with Gasteiger partial charge in [0.25, 0.3) is 0 Å². The van der Waals surface area contributed by atoms with E-state index in [1.165, 1.54) is 16.8 Å². The second-order valence-corrected chi connectivity index (χ2v) is 8.26. The van der Waals surface area contributed by atoms with Crippen molar-refractivity contribution in [2.45, 2.75) is 19.1 Å². The third-order valence-electron chi connectivity index (χ3n) is 5.38. The summed E-state index contributed by atoms with van der Waals surface area (Å²) in [5.74, 6) is 0.695. The molecule has 4 nitrogen and oxygen atoms in total. The van der Waals surface area contributed by atoms with E-state index in [1.54, 1.807) is 25.3 Å². The summed E-state index contributed by atoms with van der Waals surface area (Å²) in [5, 5.41) is 5.19. The molecule has 3 aromatic rings. The van der Waals surface area contributed by atoms with Gasteiger partial charge >= 0.3 is 6.18 Å². The molecule has 162 valence electrons. The Balaban J connectivity index is 1.81. The lowest BCUT2D eigenvalue weighted by Crippen LogP contribution is -2.35. The summed E-state index contributed by atoms with van der Waals surface area (Å²) in [6.45, 7) is 1.76. The van der Waals surface area contributed by atoms with Crippen molar-refractivity contribution in [2.75, 3.05) is 0 Å². The van der Waals surface area contributed by atoms with E-state index in [9.17, 15) is 13.2 Å². The lowest BCUT2D eigenvalue weighted by Gasteiger charge is -2.37. The highest BCUT2D eigenvalue weighted by Gasteiger charge is 2.39. The van der Waals surface area contributed by atoms with Gasteiger partial charge in [0.2, 0.25) is 0 Å². The van der Waals surface area contributed by atoms with Gasteiger partial charge in [-0.05, 0) is 30.7 Å². The summed E-state index contributed by atoms with van der Waals surface area (Å²) in [7, 11) is 0. The van der Waals surface area contributed by atoms with E-state index in [0.717, 1.165) is 11.6 Å². The minimum Gasteiger partial charge on any atom is -0.318 e. The summed E-state index contributed by atoms with van der Waals surface area (Å²) in [4.78, 5) is 6.48. The van der Waals surface area contributed by atoms with Crippen LogP contribution in [0.5, 0.6) is 0 Å². The molecule has 1 unspecified atom stereocenters. The maximum Gasteiger partial charge on any atom is 0.418 e. The average Bonchev–Trinajstić information content (AvgIpc) is 3.08. The van der Waals surface area contributed by atoms with Crippen molar-refractivity contribution < 1.29 is 13.2 Å². The highest BCUT2D eigenvalue weighted by Crippen LogP contribution is 2.46. The molecule has 32 heavy (non-hydrogen) atoms. The highest BCUT2D eigenvalue weighted by atomic mass is 35.5. The van der Waals surface area contributed by atoms with Gasteiger partial charge in [0.1, 0.15) is 0 Å². The van der Waals surface area contributed by atoms with Gasteiger partial charge in [-0.2, -0.15) is 18.3 Å². The zero-order valence-electron chi connectivity index (χ0n) is 16.6. The third kappa shape index (κ3) is 3.32. The minimum atomic E-state index is -4.55. The van der Waals surface area contributed by atoms with Crippen LogP contribution in [-0.2, 0) is 6.18 Å².